The van der Waals surface area contributed by atoms with E-state index in [1.807, 2.05) is 18.2 Å². The third-order valence-electron chi connectivity index (χ3n) is 3.40. The van der Waals surface area contributed by atoms with Crippen molar-refractivity contribution in [1.29, 1.82) is 0 Å². The minimum Gasteiger partial charge on any atom is -0.463 e. The summed E-state index contributed by atoms with van der Waals surface area (Å²) in [5, 5.41) is 3.63. The van der Waals surface area contributed by atoms with Crippen molar-refractivity contribution >= 4 is 23.4 Å². The molecule has 0 aliphatic heterocycles. The van der Waals surface area contributed by atoms with Gasteiger partial charge < -0.3 is 15.5 Å². The fourth-order valence-corrected chi connectivity index (χ4v) is 2.55. The minimum absolute atomic E-state index is 0.159. The minimum atomic E-state index is 0.159. The highest BCUT2D eigenvalue weighted by molar-refractivity contribution is 6.35. The normalized spacial score (nSPS) is 10.7. The second kappa shape index (κ2) is 7.15. The van der Waals surface area contributed by atoms with Crippen LogP contribution in [0, 0.1) is 0 Å². The Labute approximate surface area is 139 Å². The predicted molar refractivity (Wildman–Crippen MR) is 92.4 cm³/mol. The van der Waals surface area contributed by atoms with E-state index >= 15 is 0 Å². The first-order chi connectivity index (χ1) is 11.2. The number of anilines is 2. The molecule has 0 aliphatic carbocycles. The summed E-state index contributed by atoms with van der Waals surface area (Å²) >= 11 is 6.37. The first-order valence-electron chi connectivity index (χ1n) is 7.39. The molecule has 3 rings (SSSR count). The van der Waals surface area contributed by atoms with Gasteiger partial charge in [-0.25, -0.2) is 4.98 Å². The predicted octanol–water partition coefficient (Wildman–Crippen LogP) is 4.02. The zero-order chi connectivity index (χ0) is 16.1. The maximum absolute atomic E-state index is 6.37. The zero-order valence-electron chi connectivity index (χ0n) is 12.5. The summed E-state index contributed by atoms with van der Waals surface area (Å²) in [6, 6.07) is 13.9. The van der Waals surface area contributed by atoms with Crippen LogP contribution >= 0.6 is 11.6 Å². The van der Waals surface area contributed by atoms with E-state index in [-0.39, 0.29) is 5.95 Å². The number of nitrogens with zero attached hydrogens (tertiary/aromatic N) is 2. The Morgan fingerprint density at radius 1 is 1.09 bits per heavy atom. The van der Waals surface area contributed by atoms with Gasteiger partial charge in [0.15, 0.2) is 11.6 Å². The molecule has 0 bridgehead atoms. The van der Waals surface area contributed by atoms with Crippen molar-refractivity contribution in [3.8, 4) is 11.5 Å². The van der Waals surface area contributed by atoms with Gasteiger partial charge in [-0.15, -0.1) is 0 Å². The summed E-state index contributed by atoms with van der Waals surface area (Å²) in [6.45, 7) is 0.739. The van der Waals surface area contributed by atoms with Crippen LogP contribution in [0.15, 0.2) is 53.1 Å². The van der Waals surface area contributed by atoms with Gasteiger partial charge in [-0.3, -0.25) is 0 Å². The van der Waals surface area contributed by atoms with Crippen molar-refractivity contribution in [3.05, 3.63) is 59.3 Å². The number of nitrogen functional groups attached to an aromatic ring is 1. The lowest BCUT2D eigenvalue weighted by atomic mass is 10.1. The topological polar surface area (TPSA) is 77.0 Å². The summed E-state index contributed by atoms with van der Waals surface area (Å²) in [6.07, 6.45) is 3.51. The maximum atomic E-state index is 6.37. The third kappa shape index (κ3) is 3.81. The van der Waals surface area contributed by atoms with Gasteiger partial charge in [0.2, 0.25) is 5.95 Å². The van der Waals surface area contributed by atoms with E-state index in [0.717, 1.165) is 19.4 Å². The number of hydrogen-bond donors (Lipinski definition) is 2. The molecule has 118 valence electrons. The molecule has 0 radical (unpaired) electrons. The number of hydrogen-bond acceptors (Lipinski definition) is 5. The van der Waals surface area contributed by atoms with Crippen LogP contribution in [0.1, 0.15) is 12.0 Å². The van der Waals surface area contributed by atoms with E-state index in [1.165, 1.54) is 5.56 Å². The van der Waals surface area contributed by atoms with Crippen molar-refractivity contribution < 1.29 is 4.42 Å². The van der Waals surface area contributed by atoms with Gasteiger partial charge in [0.25, 0.3) is 0 Å². The van der Waals surface area contributed by atoms with Gasteiger partial charge in [-0.2, -0.15) is 4.98 Å². The summed E-state index contributed by atoms with van der Waals surface area (Å²) < 4.78 is 5.34. The number of aromatic nitrogens is 2. The second-order valence-electron chi connectivity index (χ2n) is 5.09. The molecule has 0 spiro atoms. The van der Waals surface area contributed by atoms with Crippen LogP contribution in [0.5, 0.6) is 0 Å². The number of halogens is 1. The molecule has 3 aromatic rings. The quantitative estimate of drug-likeness (QED) is 0.668. The lowest BCUT2D eigenvalue weighted by molar-refractivity contribution is 0.580. The Hall–Kier alpha value is -2.53. The van der Waals surface area contributed by atoms with Crippen molar-refractivity contribution in [2.45, 2.75) is 12.8 Å². The molecule has 0 saturated carbocycles. The molecule has 0 saturated heterocycles. The van der Waals surface area contributed by atoms with Crippen LogP contribution in [0.25, 0.3) is 11.5 Å². The highest BCUT2D eigenvalue weighted by Crippen LogP contribution is 2.31. The standard InChI is InChI=1S/C17H17ClN4O/c18-14-15(13-9-5-11-23-13)21-17(19)22-16(14)20-10-4-8-12-6-2-1-3-7-12/h1-3,5-7,9,11H,4,8,10H2,(H3,19,20,21,22). The Balaban J connectivity index is 1.66. The Morgan fingerprint density at radius 2 is 1.91 bits per heavy atom. The fourth-order valence-electron chi connectivity index (χ4n) is 2.30. The van der Waals surface area contributed by atoms with Gasteiger partial charge in [0, 0.05) is 6.54 Å². The average Bonchev–Trinajstić information content (AvgIpc) is 3.09. The van der Waals surface area contributed by atoms with Gasteiger partial charge >= 0.3 is 0 Å². The van der Waals surface area contributed by atoms with Gasteiger partial charge in [0.1, 0.15) is 10.7 Å². The second-order valence-corrected chi connectivity index (χ2v) is 5.46. The molecule has 0 fully saturated rings. The van der Waals surface area contributed by atoms with E-state index in [9.17, 15) is 0 Å². The average molecular weight is 329 g/mol. The maximum Gasteiger partial charge on any atom is 0.222 e. The lowest BCUT2D eigenvalue weighted by Gasteiger charge is -2.10. The number of nitrogens with two attached hydrogens (primary N) is 1. The van der Waals surface area contributed by atoms with E-state index in [4.69, 9.17) is 21.8 Å². The number of aryl methyl sites for hydroxylation is 1. The molecule has 2 heterocycles. The van der Waals surface area contributed by atoms with E-state index in [0.29, 0.717) is 22.3 Å². The lowest BCUT2D eigenvalue weighted by Crippen LogP contribution is -2.08. The molecule has 3 N–H and O–H groups in total. The van der Waals surface area contributed by atoms with Crippen LogP contribution in [-0.2, 0) is 6.42 Å². The molecule has 2 aromatic heterocycles. The van der Waals surface area contributed by atoms with Crippen LogP contribution in [0.4, 0.5) is 11.8 Å². The summed E-state index contributed by atoms with van der Waals surface area (Å²) in [7, 11) is 0. The number of rotatable bonds is 6. The largest absolute Gasteiger partial charge is 0.463 e. The first-order valence-corrected chi connectivity index (χ1v) is 7.76. The van der Waals surface area contributed by atoms with E-state index in [1.54, 1.807) is 18.4 Å². The molecular weight excluding hydrogens is 312 g/mol. The smallest absolute Gasteiger partial charge is 0.222 e. The summed E-state index contributed by atoms with van der Waals surface area (Å²) in [5.74, 6) is 1.25. The summed E-state index contributed by atoms with van der Waals surface area (Å²) in [4.78, 5) is 8.32. The van der Waals surface area contributed by atoms with Crippen LogP contribution < -0.4 is 11.1 Å². The van der Waals surface area contributed by atoms with Gasteiger partial charge in [-0.05, 0) is 30.5 Å². The Kier molecular flexibility index (Phi) is 4.78. The number of nitrogens with one attached hydrogen (secondary N) is 1. The van der Waals surface area contributed by atoms with E-state index in [2.05, 4.69) is 27.4 Å². The van der Waals surface area contributed by atoms with Crippen molar-refractivity contribution in [1.82, 2.24) is 9.97 Å². The monoisotopic (exact) mass is 328 g/mol. The highest BCUT2D eigenvalue weighted by atomic mass is 35.5. The van der Waals surface area contributed by atoms with Gasteiger partial charge in [0.05, 0.1) is 6.26 Å². The van der Waals surface area contributed by atoms with Crippen LogP contribution in [0.3, 0.4) is 0 Å². The number of furan rings is 1. The molecule has 0 unspecified atom stereocenters. The molecule has 0 amide bonds. The Bertz CT molecular complexity index is 760. The van der Waals surface area contributed by atoms with Crippen LogP contribution in [-0.4, -0.2) is 16.5 Å². The Morgan fingerprint density at radius 3 is 2.65 bits per heavy atom. The van der Waals surface area contributed by atoms with Crippen molar-refractivity contribution in [2.75, 3.05) is 17.6 Å². The first kappa shape index (κ1) is 15.4. The van der Waals surface area contributed by atoms with Crippen molar-refractivity contribution in [2.24, 2.45) is 0 Å². The molecular formula is C17H17ClN4O. The molecule has 0 aliphatic rings. The molecule has 5 nitrogen and oxygen atoms in total. The third-order valence-corrected chi connectivity index (χ3v) is 3.76. The SMILES string of the molecule is Nc1nc(NCCCc2ccccc2)c(Cl)c(-c2ccco2)n1. The zero-order valence-corrected chi connectivity index (χ0v) is 13.3. The molecule has 6 heteroatoms. The summed E-state index contributed by atoms with van der Waals surface area (Å²) in [5.41, 5.74) is 7.57. The fraction of sp³-hybridized carbons (Fsp3) is 0.176. The van der Waals surface area contributed by atoms with Gasteiger partial charge in [-0.1, -0.05) is 41.9 Å². The molecule has 0 atom stereocenters. The molecule has 23 heavy (non-hydrogen) atoms. The van der Waals surface area contributed by atoms with E-state index < -0.39 is 0 Å². The number of benzene rings is 1. The van der Waals surface area contributed by atoms with Crippen LogP contribution in [0.2, 0.25) is 5.02 Å². The highest BCUT2D eigenvalue weighted by Gasteiger charge is 2.15. The molecule has 1 aromatic carbocycles. The van der Waals surface area contributed by atoms with Crippen molar-refractivity contribution in [3.63, 3.8) is 0 Å².